The standard InChI is InChI=1S/C19H30N6O.HI/c1-3-18(26)25-11-8-16(14-25)23-19(20-2)22-13-15-6-7-17(21-12-15)24-9-4-5-10-24;/h6-7,12,16H,3-5,8-11,13-14H2,1-2H3,(H2,20,22,23);1H. The zero-order valence-corrected chi connectivity index (χ0v) is 18.6. The molecule has 1 amide bonds. The van der Waals surface area contributed by atoms with Gasteiger partial charge in [-0.15, -0.1) is 24.0 Å². The van der Waals surface area contributed by atoms with E-state index >= 15 is 0 Å². The predicted molar refractivity (Wildman–Crippen MR) is 120 cm³/mol. The first kappa shape index (κ1) is 21.7. The summed E-state index contributed by atoms with van der Waals surface area (Å²) in [6.07, 6.45) is 5.98. The maximum atomic E-state index is 11.8. The third-order valence-corrected chi connectivity index (χ3v) is 5.11. The Morgan fingerprint density at radius 1 is 1.30 bits per heavy atom. The highest BCUT2D eigenvalue weighted by molar-refractivity contribution is 14.0. The maximum Gasteiger partial charge on any atom is 0.222 e. The van der Waals surface area contributed by atoms with Crippen molar-refractivity contribution in [3.05, 3.63) is 23.9 Å². The Labute approximate surface area is 179 Å². The summed E-state index contributed by atoms with van der Waals surface area (Å²) >= 11 is 0. The van der Waals surface area contributed by atoms with Crippen molar-refractivity contribution >= 4 is 41.7 Å². The molecule has 0 radical (unpaired) electrons. The fourth-order valence-corrected chi connectivity index (χ4v) is 3.56. The topological polar surface area (TPSA) is 72.9 Å². The van der Waals surface area contributed by atoms with Crippen molar-refractivity contribution in [1.29, 1.82) is 0 Å². The van der Waals surface area contributed by atoms with Crippen molar-refractivity contribution < 1.29 is 4.79 Å². The van der Waals surface area contributed by atoms with E-state index in [4.69, 9.17) is 0 Å². The normalized spacial score (nSPS) is 19.8. The Kier molecular flexibility index (Phi) is 8.59. The lowest BCUT2D eigenvalue weighted by molar-refractivity contribution is -0.129. The van der Waals surface area contributed by atoms with Crippen molar-refractivity contribution in [2.24, 2.45) is 4.99 Å². The van der Waals surface area contributed by atoms with Gasteiger partial charge >= 0.3 is 0 Å². The molecule has 2 fully saturated rings. The van der Waals surface area contributed by atoms with Crippen LogP contribution in [0.1, 0.15) is 38.2 Å². The van der Waals surface area contributed by atoms with E-state index in [-0.39, 0.29) is 35.9 Å². The summed E-state index contributed by atoms with van der Waals surface area (Å²) in [4.78, 5) is 24.9. The summed E-state index contributed by atoms with van der Waals surface area (Å²) in [6, 6.07) is 4.48. The fraction of sp³-hybridized carbons (Fsp3) is 0.632. The highest BCUT2D eigenvalue weighted by Gasteiger charge is 2.25. The molecule has 2 N–H and O–H groups in total. The summed E-state index contributed by atoms with van der Waals surface area (Å²) in [7, 11) is 1.77. The molecule has 2 saturated heterocycles. The van der Waals surface area contributed by atoms with Gasteiger partial charge in [0.15, 0.2) is 5.96 Å². The smallest absolute Gasteiger partial charge is 0.222 e. The van der Waals surface area contributed by atoms with Crippen LogP contribution in [0.2, 0.25) is 0 Å². The molecule has 0 saturated carbocycles. The lowest BCUT2D eigenvalue weighted by Crippen LogP contribution is -2.44. The molecule has 0 aromatic carbocycles. The summed E-state index contributed by atoms with van der Waals surface area (Å²) < 4.78 is 0. The SMILES string of the molecule is CCC(=O)N1CCC(NC(=NC)NCc2ccc(N3CCCC3)nc2)C1.I. The van der Waals surface area contributed by atoms with Crippen molar-refractivity contribution in [3.63, 3.8) is 0 Å². The number of amides is 1. The van der Waals surface area contributed by atoms with Crippen LogP contribution in [0.3, 0.4) is 0 Å². The van der Waals surface area contributed by atoms with Gasteiger partial charge in [0.1, 0.15) is 5.82 Å². The van der Waals surface area contributed by atoms with Gasteiger partial charge in [-0.25, -0.2) is 4.98 Å². The van der Waals surface area contributed by atoms with Crippen molar-refractivity contribution in [2.75, 3.05) is 38.1 Å². The molecule has 0 spiro atoms. The number of carbonyl (C=O) groups excluding carboxylic acids is 1. The second kappa shape index (κ2) is 10.7. The monoisotopic (exact) mass is 486 g/mol. The minimum Gasteiger partial charge on any atom is -0.357 e. The van der Waals surface area contributed by atoms with Crippen LogP contribution in [0, 0.1) is 0 Å². The van der Waals surface area contributed by atoms with E-state index in [0.717, 1.165) is 49.9 Å². The Hall–Kier alpha value is -1.58. The molecule has 3 rings (SSSR count). The molecule has 8 heteroatoms. The summed E-state index contributed by atoms with van der Waals surface area (Å²) in [5.74, 6) is 2.06. The summed E-state index contributed by atoms with van der Waals surface area (Å²) in [5, 5.41) is 6.76. The van der Waals surface area contributed by atoms with Gasteiger partial charge in [0.05, 0.1) is 0 Å². The van der Waals surface area contributed by atoms with E-state index < -0.39 is 0 Å². The van der Waals surface area contributed by atoms with Crippen LogP contribution in [-0.2, 0) is 11.3 Å². The fourth-order valence-electron chi connectivity index (χ4n) is 3.56. The quantitative estimate of drug-likeness (QED) is 0.379. The second-order valence-corrected chi connectivity index (χ2v) is 6.97. The number of nitrogens with zero attached hydrogens (tertiary/aromatic N) is 4. The Morgan fingerprint density at radius 3 is 2.70 bits per heavy atom. The molecule has 0 bridgehead atoms. The van der Waals surface area contributed by atoms with E-state index in [2.05, 4.69) is 37.6 Å². The first-order valence-electron chi connectivity index (χ1n) is 9.64. The molecule has 0 aliphatic carbocycles. The van der Waals surface area contributed by atoms with E-state index in [1.807, 2.05) is 18.0 Å². The third kappa shape index (κ3) is 5.95. The first-order chi connectivity index (χ1) is 12.7. The number of pyridine rings is 1. The minimum absolute atomic E-state index is 0. The number of rotatable bonds is 5. The lowest BCUT2D eigenvalue weighted by atomic mass is 10.2. The molecular formula is C19H31IN6O. The second-order valence-electron chi connectivity index (χ2n) is 6.97. The maximum absolute atomic E-state index is 11.8. The van der Waals surface area contributed by atoms with Crippen LogP contribution in [0.15, 0.2) is 23.3 Å². The molecule has 1 atom stereocenters. The third-order valence-electron chi connectivity index (χ3n) is 5.11. The van der Waals surface area contributed by atoms with Crippen molar-refractivity contribution in [3.8, 4) is 0 Å². The largest absolute Gasteiger partial charge is 0.357 e. The van der Waals surface area contributed by atoms with E-state index in [0.29, 0.717) is 13.0 Å². The zero-order chi connectivity index (χ0) is 18.4. The van der Waals surface area contributed by atoms with Crippen LogP contribution < -0.4 is 15.5 Å². The number of likely N-dealkylation sites (tertiary alicyclic amines) is 1. The van der Waals surface area contributed by atoms with Gasteiger partial charge in [-0.2, -0.15) is 0 Å². The van der Waals surface area contributed by atoms with Gasteiger partial charge in [-0.3, -0.25) is 9.79 Å². The first-order valence-corrected chi connectivity index (χ1v) is 9.64. The number of aromatic nitrogens is 1. The summed E-state index contributed by atoms with van der Waals surface area (Å²) in [6.45, 7) is 6.38. The van der Waals surface area contributed by atoms with Crippen LogP contribution in [-0.4, -0.2) is 61.0 Å². The average Bonchev–Trinajstić information content (AvgIpc) is 3.37. The van der Waals surface area contributed by atoms with Gasteiger partial charge in [0.25, 0.3) is 0 Å². The van der Waals surface area contributed by atoms with Crippen LogP contribution in [0.4, 0.5) is 5.82 Å². The minimum atomic E-state index is 0. The molecule has 3 heterocycles. The van der Waals surface area contributed by atoms with Gasteiger partial charge in [-0.1, -0.05) is 13.0 Å². The Bertz CT molecular complexity index is 630. The number of carbonyl (C=O) groups is 1. The zero-order valence-electron chi connectivity index (χ0n) is 16.3. The molecule has 7 nitrogen and oxygen atoms in total. The van der Waals surface area contributed by atoms with E-state index in [9.17, 15) is 4.79 Å². The summed E-state index contributed by atoms with van der Waals surface area (Å²) in [5.41, 5.74) is 1.13. The molecule has 2 aliphatic heterocycles. The molecule has 1 unspecified atom stereocenters. The molecule has 27 heavy (non-hydrogen) atoms. The van der Waals surface area contributed by atoms with Crippen LogP contribution >= 0.6 is 24.0 Å². The highest BCUT2D eigenvalue weighted by Crippen LogP contribution is 2.17. The van der Waals surface area contributed by atoms with Gasteiger partial charge in [0, 0.05) is 58.4 Å². The highest BCUT2D eigenvalue weighted by atomic mass is 127. The number of aliphatic imine (C=N–C) groups is 1. The van der Waals surface area contributed by atoms with Crippen molar-refractivity contribution in [2.45, 2.75) is 45.2 Å². The van der Waals surface area contributed by atoms with Gasteiger partial charge in [0.2, 0.25) is 5.91 Å². The van der Waals surface area contributed by atoms with Crippen LogP contribution in [0.25, 0.3) is 0 Å². The molecule has 1 aromatic heterocycles. The Balaban J connectivity index is 0.00000261. The van der Waals surface area contributed by atoms with Gasteiger partial charge < -0.3 is 20.4 Å². The molecule has 2 aliphatic rings. The van der Waals surface area contributed by atoms with Crippen molar-refractivity contribution in [1.82, 2.24) is 20.5 Å². The molecule has 150 valence electrons. The number of nitrogens with one attached hydrogen (secondary N) is 2. The number of anilines is 1. The number of hydrogen-bond acceptors (Lipinski definition) is 4. The van der Waals surface area contributed by atoms with Crippen LogP contribution in [0.5, 0.6) is 0 Å². The lowest BCUT2D eigenvalue weighted by Gasteiger charge is -2.19. The Morgan fingerprint density at radius 2 is 2.07 bits per heavy atom. The molecule has 1 aromatic rings. The number of hydrogen-bond donors (Lipinski definition) is 2. The van der Waals surface area contributed by atoms with E-state index in [1.54, 1.807) is 7.05 Å². The number of halogens is 1. The predicted octanol–water partition coefficient (Wildman–Crippen LogP) is 1.98. The average molecular weight is 486 g/mol. The van der Waals surface area contributed by atoms with Gasteiger partial charge in [-0.05, 0) is 30.9 Å². The molecular weight excluding hydrogens is 455 g/mol. The number of guanidine groups is 1. The van der Waals surface area contributed by atoms with E-state index in [1.165, 1.54) is 12.8 Å².